The monoisotopic (exact) mass is 348 g/mol. The fourth-order valence-electron chi connectivity index (χ4n) is 4.13. The molecule has 4 nitrogen and oxygen atoms in total. The number of hydrogen-bond donors (Lipinski definition) is 0. The van der Waals surface area contributed by atoms with Gasteiger partial charge >= 0.3 is 0 Å². The summed E-state index contributed by atoms with van der Waals surface area (Å²) >= 11 is 0. The highest BCUT2D eigenvalue weighted by Crippen LogP contribution is 2.29. The summed E-state index contributed by atoms with van der Waals surface area (Å²) in [6, 6.07) is 23.0. The molecule has 4 heteroatoms. The van der Waals surface area contributed by atoms with E-state index in [0.29, 0.717) is 21.8 Å². The summed E-state index contributed by atoms with van der Waals surface area (Å²) in [5, 5.41) is 4.70. The molecule has 0 atom stereocenters. The minimum absolute atomic E-state index is 0.192. The van der Waals surface area contributed by atoms with E-state index in [2.05, 4.69) is 4.98 Å². The van der Waals surface area contributed by atoms with Crippen molar-refractivity contribution >= 4 is 49.0 Å². The Morgan fingerprint density at radius 3 is 2.07 bits per heavy atom. The molecule has 0 aliphatic rings. The predicted octanol–water partition coefficient (Wildman–Crippen LogP) is 4.11. The Morgan fingerprint density at radius 2 is 1.33 bits per heavy atom. The van der Waals surface area contributed by atoms with Gasteiger partial charge in [0.1, 0.15) is 0 Å². The van der Waals surface area contributed by atoms with Gasteiger partial charge < -0.3 is 0 Å². The molecule has 0 amide bonds. The van der Waals surface area contributed by atoms with Gasteiger partial charge in [0.05, 0.1) is 21.8 Å². The van der Waals surface area contributed by atoms with Crippen molar-refractivity contribution in [3.05, 3.63) is 93.4 Å². The molecule has 2 heterocycles. The average molecular weight is 348 g/mol. The molecule has 126 valence electrons. The van der Waals surface area contributed by atoms with Crippen LogP contribution in [-0.2, 0) is 0 Å². The molecule has 0 radical (unpaired) electrons. The van der Waals surface area contributed by atoms with Crippen molar-refractivity contribution in [3.63, 3.8) is 0 Å². The van der Waals surface area contributed by atoms with Crippen LogP contribution >= 0.6 is 0 Å². The van der Waals surface area contributed by atoms with Gasteiger partial charge in [-0.15, -0.1) is 0 Å². The summed E-state index contributed by atoms with van der Waals surface area (Å²) in [5.74, 6) is 0. The van der Waals surface area contributed by atoms with E-state index in [1.165, 1.54) is 4.40 Å². The van der Waals surface area contributed by atoms with Crippen LogP contribution in [0.5, 0.6) is 0 Å². The standard InChI is InChI=1S/C23H12N2O2/c26-21-20-16-10-6-2-4-8-14(16)12-18(20)25-22(21)24-17-11-13-7-3-1-5-9-15(13)19(17)23(25)27/h1-12H. The highest BCUT2D eigenvalue weighted by Gasteiger charge is 2.20. The fraction of sp³-hybridized carbons (Fsp3) is 0. The van der Waals surface area contributed by atoms with E-state index in [0.717, 1.165) is 21.5 Å². The van der Waals surface area contributed by atoms with Crippen molar-refractivity contribution in [1.29, 1.82) is 0 Å². The summed E-state index contributed by atoms with van der Waals surface area (Å²) in [6.07, 6.45) is 0. The largest absolute Gasteiger partial charge is 0.285 e. The molecule has 0 aliphatic carbocycles. The van der Waals surface area contributed by atoms with Gasteiger partial charge in [-0.2, -0.15) is 0 Å². The zero-order valence-corrected chi connectivity index (χ0v) is 14.1. The van der Waals surface area contributed by atoms with E-state index < -0.39 is 0 Å². The molecule has 4 aromatic carbocycles. The van der Waals surface area contributed by atoms with E-state index in [4.69, 9.17) is 0 Å². The maximum atomic E-state index is 13.4. The molecule has 0 aliphatic heterocycles. The lowest BCUT2D eigenvalue weighted by molar-refractivity contribution is 1.15. The summed E-state index contributed by atoms with van der Waals surface area (Å²) < 4.78 is 1.48. The highest BCUT2D eigenvalue weighted by molar-refractivity contribution is 6.14. The van der Waals surface area contributed by atoms with Gasteiger partial charge in [0.25, 0.3) is 5.56 Å². The van der Waals surface area contributed by atoms with Crippen molar-refractivity contribution in [2.24, 2.45) is 0 Å². The quantitative estimate of drug-likeness (QED) is 0.415. The van der Waals surface area contributed by atoms with Crippen LogP contribution in [0, 0.1) is 0 Å². The third kappa shape index (κ3) is 1.74. The normalized spacial score (nSPS) is 12.0. The van der Waals surface area contributed by atoms with E-state index >= 15 is 0 Å². The Balaban J connectivity index is 1.94. The number of hydrogen-bond acceptors (Lipinski definition) is 3. The number of rotatable bonds is 0. The Morgan fingerprint density at radius 1 is 0.704 bits per heavy atom. The lowest BCUT2D eigenvalue weighted by Crippen LogP contribution is -2.15. The van der Waals surface area contributed by atoms with Crippen LogP contribution in [0.2, 0.25) is 0 Å². The first-order valence-corrected chi connectivity index (χ1v) is 8.75. The molecule has 0 spiro atoms. The third-order valence-electron chi connectivity index (χ3n) is 5.31. The summed E-state index contributed by atoms with van der Waals surface area (Å²) in [4.78, 5) is 31.1. The number of aromatic nitrogens is 2. The highest BCUT2D eigenvalue weighted by atomic mass is 16.1. The SMILES string of the molecule is O=c1c2c3cccccc3cc2n2c(=O)c3c(cc4cccccc43)nc12. The maximum absolute atomic E-state index is 13.4. The molecule has 0 fully saturated rings. The first-order chi connectivity index (χ1) is 13.2. The molecule has 2 aromatic heterocycles. The van der Waals surface area contributed by atoms with Gasteiger partial charge in [-0.25, -0.2) is 4.98 Å². The molecule has 0 saturated carbocycles. The first kappa shape index (κ1) is 14.4. The van der Waals surface area contributed by atoms with Crippen LogP contribution < -0.4 is 11.0 Å². The van der Waals surface area contributed by atoms with Crippen molar-refractivity contribution in [2.75, 3.05) is 0 Å². The zero-order chi connectivity index (χ0) is 18.1. The molecule has 0 N–H and O–H groups in total. The fourth-order valence-corrected chi connectivity index (χ4v) is 4.13. The topological polar surface area (TPSA) is 51.4 Å². The van der Waals surface area contributed by atoms with Crippen molar-refractivity contribution in [2.45, 2.75) is 0 Å². The Bertz CT molecular complexity index is 1670. The number of nitrogens with zero attached hydrogens (tertiary/aromatic N) is 2. The maximum Gasteiger partial charge on any atom is 0.266 e. The second-order valence-electron chi connectivity index (χ2n) is 6.77. The minimum atomic E-state index is -0.194. The minimum Gasteiger partial charge on any atom is -0.285 e. The second-order valence-corrected chi connectivity index (χ2v) is 6.77. The Kier molecular flexibility index (Phi) is 2.60. The van der Waals surface area contributed by atoms with Crippen LogP contribution in [0.3, 0.4) is 0 Å². The van der Waals surface area contributed by atoms with Crippen molar-refractivity contribution < 1.29 is 0 Å². The smallest absolute Gasteiger partial charge is 0.266 e. The third-order valence-corrected chi connectivity index (χ3v) is 5.31. The molecule has 27 heavy (non-hydrogen) atoms. The van der Waals surface area contributed by atoms with Crippen LogP contribution in [0.25, 0.3) is 49.0 Å². The van der Waals surface area contributed by atoms with E-state index in [9.17, 15) is 9.59 Å². The Labute approximate surface area is 152 Å². The van der Waals surface area contributed by atoms with Gasteiger partial charge in [-0.1, -0.05) is 60.7 Å². The zero-order valence-electron chi connectivity index (χ0n) is 14.1. The van der Waals surface area contributed by atoms with E-state index in [1.54, 1.807) is 0 Å². The van der Waals surface area contributed by atoms with Gasteiger partial charge in [0, 0.05) is 0 Å². The van der Waals surface area contributed by atoms with Crippen LogP contribution in [0.15, 0.2) is 82.4 Å². The average Bonchev–Trinajstić information content (AvgIpc) is 3.11. The molecule has 0 bridgehead atoms. The second kappa shape index (κ2) is 4.89. The lowest BCUT2D eigenvalue weighted by atomic mass is 10.2. The van der Waals surface area contributed by atoms with E-state index in [1.807, 2.05) is 72.8 Å². The van der Waals surface area contributed by atoms with Crippen LogP contribution in [0.1, 0.15) is 0 Å². The van der Waals surface area contributed by atoms with Gasteiger partial charge in [0.2, 0.25) is 5.43 Å². The molecular weight excluding hydrogens is 336 g/mol. The molecule has 6 rings (SSSR count). The predicted molar refractivity (Wildman–Crippen MR) is 109 cm³/mol. The summed E-state index contributed by atoms with van der Waals surface area (Å²) in [5.41, 5.74) is 1.01. The van der Waals surface area contributed by atoms with E-state index in [-0.39, 0.29) is 16.6 Å². The van der Waals surface area contributed by atoms with Gasteiger partial charge in [-0.05, 0) is 33.7 Å². The summed E-state index contributed by atoms with van der Waals surface area (Å²) in [7, 11) is 0. The van der Waals surface area contributed by atoms with Crippen LogP contribution in [-0.4, -0.2) is 9.38 Å². The van der Waals surface area contributed by atoms with Gasteiger partial charge in [0.15, 0.2) is 5.65 Å². The number of fused-ring (bicyclic) bond motifs is 8. The Hall–Kier alpha value is -3.79. The van der Waals surface area contributed by atoms with Crippen molar-refractivity contribution in [1.82, 2.24) is 9.38 Å². The molecule has 6 aromatic rings. The molecular formula is C23H12N2O2. The lowest BCUT2D eigenvalue weighted by Gasteiger charge is -1.95. The summed E-state index contributed by atoms with van der Waals surface area (Å²) in [6.45, 7) is 0. The molecule has 0 saturated heterocycles. The molecule has 0 unspecified atom stereocenters. The first-order valence-electron chi connectivity index (χ1n) is 8.75. The van der Waals surface area contributed by atoms with Crippen LogP contribution in [0.4, 0.5) is 0 Å². The van der Waals surface area contributed by atoms with Crippen molar-refractivity contribution in [3.8, 4) is 0 Å². The van der Waals surface area contributed by atoms with Gasteiger partial charge in [-0.3, -0.25) is 14.0 Å².